The zero-order chi connectivity index (χ0) is 29.6. The Kier molecular flexibility index (Phi) is 7.33. The highest BCUT2D eigenvalue weighted by atomic mass is 35.5. The maximum Gasteiger partial charge on any atom is 0.417 e. The van der Waals surface area contributed by atoms with Crippen molar-refractivity contribution in [3.05, 3.63) is 81.9 Å². The molecule has 40 heavy (non-hydrogen) atoms. The Balaban J connectivity index is 1.95. The smallest absolute Gasteiger partial charge is 0.417 e. The molecule has 0 unspecified atom stereocenters. The SMILES string of the molecule is CC(C)(C)OC(=O)Nc1cc2c(-c3ccc(C(=O)O)cc3F)c[nH]c2c(C(=O)c2c(Cl)cccc2C(F)(F)F)n1. The molecule has 2 aromatic carbocycles. The number of carbonyl (C=O) groups is 3. The molecule has 0 atom stereocenters. The van der Waals surface area contributed by atoms with E-state index in [1.807, 2.05) is 0 Å². The second kappa shape index (κ2) is 10.3. The molecule has 208 valence electrons. The van der Waals surface area contributed by atoms with Gasteiger partial charge in [-0.25, -0.2) is 19.0 Å². The molecular weight excluding hydrogens is 558 g/mol. The number of fused-ring (bicyclic) bond motifs is 1. The van der Waals surface area contributed by atoms with Crippen molar-refractivity contribution in [2.45, 2.75) is 32.5 Å². The molecule has 3 N–H and O–H groups in total. The summed E-state index contributed by atoms with van der Waals surface area (Å²) in [4.78, 5) is 44.1. The number of halogens is 5. The summed E-state index contributed by atoms with van der Waals surface area (Å²) >= 11 is 6.04. The van der Waals surface area contributed by atoms with Crippen LogP contribution < -0.4 is 5.32 Å². The normalized spacial score (nSPS) is 11.9. The molecule has 0 aliphatic heterocycles. The number of benzene rings is 2. The number of aromatic nitrogens is 2. The molecule has 0 fully saturated rings. The van der Waals surface area contributed by atoms with Gasteiger partial charge in [0, 0.05) is 22.7 Å². The van der Waals surface area contributed by atoms with Crippen molar-refractivity contribution < 1.29 is 41.8 Å². The lowest BCUT2D eigenvalue weighted by atomic mass is 9.98. The summed E-state index contributed by atoms with van der Waals surface area (Å²) in [5.41, 5.74) is -3.99. The average Bonchev–Trinajstić information content (AvgIpc) is 3.24. The number of nitrogens with one attached hydrogen (secondary N) is 2. The Bertz CT molecular complexity index is 1680. The highest BCUT2D eigenvalue weighted by Gasteiger charge is 2.37. The number of nitrogens with zero attached hydrogens (tertiary/aromatic N) is 1. The van der Waals surface area contributed by atoms with Crippen molar-refractivity contribution in [3.8, 4) is 11.1 Å². The van der Waals surface area contributed by atoms with Gasteiger partial charge in [0.25, 0.3) is 0 Å². The molecule has 0 bridgehead atoms. The Hall–Kier alpha value is -4.45. The first kappa shape index (κ1) is 28.6. The lowest BCUT2D eigenvalue weighted by Gasteiger charge is -2.19. The standard InChI is InChI=1S/C27H20ClF4N3O5/c1-26(2,3)40-25(39)35-19-10-14-15(13-8-7-12(24(37)38)9-18(13)29)11-33-21(14)22(34-19)23(36)20-16(27(30,31)32)5-4-6-17(20)28/h4-11,33H,1-3H3,(H,37,38)(H,34,35,39). The van der Waals surface area contributed by atoms with Gasteiger partial charge >= 0.3 is 18.2 Å². The number of carbonyl (C=O) groups excluding carboxylic acids is 2. The molecule has 2 heterocycles. The van der Waals surface area contributed by atoms with Crippen LogP contribution in [0, 0.1) is 5.82 Å². The van der Waals surface area contributed by atoms with Crippen molar-refractivity contribution in [2.75, 3.05) is 5.32 Å². The van der Waals surface area contributed by atoms with Crippen LogP contribution in [-0.4, -0.2) is 38.5 Å². The van der Waals surface area contributed by atoms with Crippen LogP contribution in [0.1, 0.15) is 52.7 Å². The van der Waals surface area contributed by atoms with Gasteiger partial charge in [-0.05, 0) is 51.1 Å². The highest BCUT2D eigenvalue weighted by molar-refractivity contribution is 6.35. The zero-order valence-electron chi connectivity index (χ0n) is 21.0. The lowest BCUT2D eigenvalue weighted by molar-refractivity contribution is -0.137. The molecule has 8 nitrogen and oxygen atoms in total. The number of ether oxygens (including phenoxy) is 1. The van der Waals surface area contributed by atoms with E-state index in [1.165, 1.54) is 18.3 Å². The third-order valence-electron chi connectivity index (χ3n) is 5.57. The molecule has 4 aromatic rings. The number of aromatic carboxylic acids is 1. The third-order valence-corrected chi connectivity index (χ3v) is 5.88. The lowest BCUT2D eigenvalue weighted by Crippen LogP contribution is -2.27. The fraction of sp³-hybridized carbons (Fsp3) is 0.185. The Labute approximate surface area is 228 Å². The highest BCUT2D eigenvalue weighted by Crippen LogP contribution is 2.38. The van der Waals surface area contributed by atoms with E-state index in [0.717, 1.165) is 24.3 Å². The summed E-state index contributed by atoms with van der Waals surface area (Å²) in [6.07, 6.45) is -4.63. The molecule has 4 rings (SSSR count). The van der Waals surface area contributed by atoms with Crippen LogP contribution in [-0.2, 0) is 10.9 Å². The third kappa shape index (κ3) is 5.76. The van der Waals surface area contributed by atoms with E-state index in [0.29, 0.717) is 6.07 Å². The number of carboxylic acid groups (broad SMARTS) is 1. The van der Waals surface area contributed by atoms with Crippen LogP contribution in [0.3, 0.4) is 0 Å². The van der Waals surface area contributed by atoms with Crippen LogP contribution in [0.15, 0.2) is 48.7 Å². The average molecular weight is 578 g/mol. The maximum atomic E-state index is 15.0. The van der Waals surface area contributed by atoms with Crippen LogP contribution >= 0.6 is 11.6 Å². The molecule has 13 heteroatoms. The van der Waals surface area contributed by atoms with Gasteiger partial charge in [-0.2, -0.15) is 13.2 Å². The number of alkyl halides is 3. The number of hydrogen-bond donors (Lipinski definition) is 3. The number of carboxylic acids is 1. The minimum Gasteiger partial charge on any atom is -0.478 e. The van der Waals surface area contributed by atoms with Crippen LogP contribution in [0.4, 0.5) is 28.2 Å². The number of rotatable bonds is 5. The predicted molar refractivity (Wildman–Crippen MR) is 138 cm³/mol. The number of anilines is 1. The van der Waals surface area contributed by atoms with Gasteiger partial charge in [0.1, 0.15) is 22.9 Å². The molecule has 2 aromatic heterocycles. The second-order valence-electron chi connectivity index (χ2n) is 9.60. The van der Waals surface area contributed by atoms with E-state index >= 15 is 0 Å². The monoisotopic (exact) mass is 577 g/mol. The minimum atomic E-state index is -4.93. The maximum absolute atomic E-state index is 15.0. The van der Waals surface area contributed by atoms with Gasteiger partial charge in [-0.15, -0.1) is 0 Å². The fourth-order valence-corrected chi connectivity index (χ4v) is 4.22. The Morgan fingerprint density at radius 3 is 2.35 bits per heavy atom. The summed E-state index contributed by atoms with van der Waals surface area (Å²) in [5, 5.41) is 11.1. The molecular formula is C27H20ClF4N3O5. The molecule has 0 saturated carbocycles. The van der Waals surface area contributed by atoms with Gasteiger partial charge in [0.05, 0.1) is 27.2 Å². The predicted octanol–water partition coefficient (Wildman–Crippen LogP) is 7.32. The van der Waals surface area contributed by atoms with Crippen molar-refractivity contribution >= 4 is 46.2 Å². The van der Waals surface area contributed by atoms with Crippen molar-refractivity contribution in [2.24, 2.45) is 0 Å². The van der Waals surface area contributed by atoms with E-state index in [4.69, 9.17) is 21.4 Å². The molecule has 0 aliphatic carbocycles. The fourth-order valence-electron chi connectivity index (χ4n) is 3.96. The van der Waals surface area contributed by atoms with Crippen LogP contribution in [0.25, 0.3) is 22.0 Å². The van der Waals surface area contributed by atoms with E-state index in [1.54, 1.807) is 20.8 Å². The summed E-state index contributed by atoms with van der Waals surface area (Å²) in [6.45, 7) is 4.80. The van der Waals surface area contributed by atoms with Crippen molar-refractivity contribution in [1.82, 2.24) is 9.97 Å². The number of amides is 1. The van der Waals surface area contributed by atoms with Gasteiger partial charge in [0.2, 0.25) is 5.78 Å². The Morgan fingerprint density at radius 1 is 1.05 bits per heavy atom. The number of ketones is 1. The number of H-pyrrole nitrogens is 1. The first-order valence-corrected chi connectivity index (χ1v) is 11.9. The van der Waals surface area contributed by atoms with E-state index < -0.39 is 57.3 Å². The first-order chi connectivity index (χ1) is 18.6. The summed E-state index contributed by atoms with van der Waals surface area (Å²) < 4.78 is 61.5. The van der Waals surface area contributed by atoms with Crippen LogP contribution in [0.2, 0.25) is 5.02 Å². The number of aromatic amines is 1. The quantitative estimate of drug-likeness (QED) is 0.169. The first-order valence-electron chi connectivity index (χ1n) is 11.5. The zero-order valence-corrected chi connectivity index (χ0v) is 21.8. The molecule has 0 aliphatic rings. The summed E-state index contributed by atoms with van der Waals surface area (Å²) in [5.74, 6) is -3.77. The topological polar surface area (TPSA) is 121 Å². The van der Waals surface area contributed by atoms with E-state index in [-0.39, 0.29) is 33.4 Å². The van der Waals surface area contributed by atoms with Gasteiger partial charge in [-0.3, -0.25) is 10.1 Å². The largest absolute Gasteiger partial charge is 0.478 e. The van der Waals surface area contributed by atoms with Gasteiger partial charge in [-0.1, -0.05) is 23.7 Å². The summed E-state index contributed by atoms with van der Waals surface area (Å²) in [7, 11) is 0. The Morgan fingerprint density at radius 2 is 1.75 bits per heavy atom. The van der Waals surface area contributed by atoms with Crippen molar-refractivity contribution in [3.63, 3.8) is 0 Å². The number of hydrogen-bond acceptors (Lipinski definition) is 5. The number of pyridine rings is 1. The van der Waals surface area contributed by atoms with E-state index in [2.05, 4.69) is 15.3 Å². The molecule has 0 saturated heterocycles. The van der Waals surface area contributed by atoms with E-state index in [9.17, 15) is 31.9 Å². The van der Waals surface area contributed by atoms with Gasteiger partial charge in [0.15, 0.2) is 0 Å². The molecule has 1 amide bonds. The minimum absolute atomic E-state index is 0.0792. The van der Waals surface area contributed by atoms with Crippen molar-refractivity contribution in [1.29, 1.82) is 0 Å². The van der Waals surface area contributed by atoms with Gasteiger partial charge < -0.3 is 14.8 Å². The molecule has 0 spiro atoms. The molecule has 0 radical (unpaired) electrons. The summed E-state index contributed by atoms with van der Waals surface area (Å²) in [6, 6.07) is 7.27. The van der Waals surface area contributed by atoms with Crippen LogP contribution in [0.5, 0.6) is 0 Å². The second-order valence-corrected chi connectivity index (χ2v) is 10.0.